The van der Waals surface area contributed by atoms with E-state index in [2.05, 4.69) is 4.18 Å². The van der Waals surface area contributed by atoms with Gasteiger partial charge in [-0.25, -0.2) is 0 Å². The third-order valence-corrected chi connectivity index (χ3v) is 1.68. The predicted molar refractivity (Wildman–Crippen MR) is 45.7 cm³/mol. The van der Waals surface area contributed by atoms with Gasteiger partial charge in [-0.3, -0.25) is 4.55 Å². The Morgan fingerprint density at radius 3 is 2.75 bits per heavy atom. The van der Waals surface area contributed by atoms with Crippen LogP contribution in [0.1, 0.15) is 5.56 Å². The molecular formula is C7H9NO3S. The van der Waals surface area contributed by atoms with Gasteiger partial charge < -0.3 is 9.92 Å². The van der Waals surface area contributed by atoms with Gasteiger partial charge >= 0.3 is 11.4 Å². The van der Waals surface area contributed by atoms with E-state index in [1.165, 1.54) is 0 Å². The van der Waals surface area contributed by atoms with Crippen molar-refractivity contribution in [1.29, 1.82) is 0 Å². The maximum absolute atomic E-state index is 10.3. The molecule has 1 unspecified atom stereocenters. The quantitative estimate of drug-likeness (QED) is 0.682. The number of benzene rings is 1. The molecule has 0 aromatic heterocycles. The molecule has 5 heteroatoms. The summed E-state index contributed by atoms with van der Waals surface area (Å²) in [7, 11) is 0. The second-order valence-corrected chi connectivity index (χ2v) is 2.71. The molecule has 1 atom stereocenters. The molecule has 0 saturated carbocycles. The van der Waals surface area contributed by atoms with Gasteiger partial charge in [0, 0.05) is 12.1 Å². The van der Waals surface area contributed by atoms with E-state index in [0.717, 1.165) is 0 Å². The monoisotopic (exact) mass is 187 g/mol. The maximum atomic E-state index is 10.3. The van der Waals surface area contributed by atoms with Crippen molar-refractivity contribution in [1.82, 2.24) is 0 Å². The zero-order valence-electron chi connectivity index (χ0n) is 6.27. The first kappa shape index (κ1) is 9.18. The summed E-state index contributed by atoms with van der Waals surface area (Å²) in [4.78, 5) is 0. The lowest BCUT2D eigenvalue weighted by Gasteiger charge is -2.04. The minimum absolute atomic E-state index is 0.285. The lowest BCUT2D eigenvalue weighted by Crippen LogP contribution is -2.03. The van der Waals surface area contributed by atoms with Gasteiger partial charge in [-0.15, -0.1) is 0 Å². The van der Waals surface area contributed by atoms with Crippen molar-refractivity contribution in [2.45, 2.75) is 6.54 Å². The van der Waals surface area contributed by atoms with Crippen LogP contribution >= 0.6 is 0 Å². The molecule has 0 bridgehead atoms. The highest BCUT2D eigenvalue weighted by Gasteiger charge is 2.02. The Hall–Kier alpha value is -0.910. The van der Waals surface area contributed by atoms with Crippen molar-refractivity contribution in [3.05, 3.63) is 29.8 Å². The molecule has 0 saturated heterocycles. The zero-order valence-corrected chi connectivity index (χ0v) is 7.08. The van der Waals surface area contributed by atoms with Crippen molar-refractivity contribution in [3.63, 3.8) is 0 Å². The number of nitrogens with two attached hydrogens (primary N) is 1. The van der Waals surface area contributed by atoms with Crippen LogP contribution in [0.15, 0.2) is 24.3 Å². The third kappa shape index (κ3) is 2.30. The molecule has 0 radical (unpaired) electrons. The van der Waals surface area contributed by atoms with Crippen LogP contribution in [0, 0.1) is 0 Å². The van der Waals surface area contributed by atoms with Crippen molar-refractivity contribution in [2.24, 2.45) is 5.73 Å². The first-order valence-electron chi connectivity index (χ1n) is 3.31. The highest BCUT2D eigenvalue weighted by molar-refractivity contribution is 7.74. The molecule has 0 aliphatic carbocycles. The highest BCUT2D eigenvalue weighted by Crippen LogP contribution is 2.17. The number of para-hydroxylation sites is 1. The molecule has 0 heterocycles. The predicted octanol–water partition coefficient (Wildman–Crippen LogP) is 0.661. The summed E-state index contributed by atoms with van der Waals surface area (Å²) in [5.41, 5.74) is 6.07. The molecule has 3 N–H and O–H groups in total. The summed E-state index contributed by atoms with van der Waals surface area (Å²) in [6.45, 7) is 0.285. The van der Waals surface area contributed by atoms with Crippen LogP contribution < -0.4 is 9.92 Å². The van der Waals surface area contributed by atoms with Crippen molar-refractivity contribution < 1.29 is 12.9 Å². The second kappa shape index (κ2) is 4.20. The largest absolute Gasteiger partial charge is 0.380 e. The van der Waals surface area contributed by atoms with Crippen molar-refractivity contribution >= 4 is 11.4 Å². The van der Waals surface area contributed by atoms with E-state index >= 15 is 0 Å². The summed E-state index contributed by atoms with van der Waals surface area (Å²) in [6, 6.07) is 6.83. The average molecular weight is 187 g/mol. The molecule has 0 spiro atoms. The summed E-state index contributed by atoms with van der Waals surface area (Å²) >= 11 is -2.28. The molecule has 0 aliphatic heterocycles. The average Bonchev–Trinajstić information content (AvgIpc) is 2.04. The van der Waals surface area contributed by atoms with Gasteiger partial charge in [0.15, 0.2) is 0 Å². The molecule has 1 aromatic carbocycles. The Morgan fingerprint density at radius 1 is 1.50 bits per heavy atom. The van der Waals surface area contributed by atoms with Crippen LogP contribution in [0.3, 0.4) is 0 Å². The number of rotatable bonds is 3. The normalized spacial score (nSPS) is 12.5. The van der Waals surface area contributed by atoms with Crippen molar-refractivity contribution in [3.8, 4) is 5.75 Å². The minimum Gasteiger partial charge on any atom is -0.380 e. The molecule has 12 heavy (non-hydrogen) atoms. The zero-order chi connectivity index (χ0) is 8.97. The Bertz CT molecular complexity index is 290. The van der Waals surface area contributed by atoms with Crippen LogP contribution in [0.4, 0.5) is 0 Å². The highest BCUT2D eigenvalue weighted by atomic mass is 32.2. The van der Waals surface area contributed by atoms with E-state index < -0.39 is 11.4 Å². The van der Waals surface area contributed by atoms with Gasteiger partial charge in [0.1, 0.15) is 5.75 Å². The Morgan fingerprint density at radius 2 is 2.17 bits per heavy atom. The second-order valence-electron chi connectivity index (χ2n) is 2.11. The Labute approximate surface area is 72.8 Å². The van der Waals surface area contributed by atoms with Crippen LogP contribution in [0.25, 0.3) is 0 Å². The van der Waals surface area contributed by atoms with Crippen LogP contribution in [-0.4, -0.2) is 8.76 Å². The molecule has 0 aliphatic rings. The Kier molecular flexibility index (Phi) is 3.21. The minimum atomic E-state index is -2.28. The summed E-state index contributed by atoms with van der Waals surface area (Å²) < 4.78 is 23.3. The SMILES string of the molecule is NCc1ccccc1OS(=O)O. The summed E-state index contributed by atoms with van der Waals surface area (Å²) in [5.74, 6) is 0.348. The number of hydrogen-bond donors (Lipinski definition) is 2. The molecule has 0 amide bonds. The molecule has 1 aromatic rings. The van der Waals surface area contributed by atoms with Crippen LogP contribution in [0.5, 0.6) is 5.75 Å². The lowest BCUT2D eigenvalue weighted by atomic mass is 10.2. The van der Waals surface area contributed by atoms with E-state index in [4.69, 9.17) is 10.3 Å². The van der Waals surface area contributed by atoms with E-state index in [1.807, 2.05) is 0 Å². The Balaban J connectivity index is 2.89. The fraction of sp³-hybridized carbons (Fsp3) is 0.143. The van der Waals surface area contributed by atoms with Gasteiger partial charge in [0.05, 0.1) is 0 Å². The van der Waals surface area contributed by atoms with E-state index in [1.54, 1.807) is 24.3 Å². The van der Waals surface area contributed by atoms with Gasteiger partial charge in [-0.05, 0) is 6.07 Å². The first-order chi connectivity index (χ1) is 5.74. The van der Waals surface area contributed by atoms with Gasteiger partial charge in [0.25, 0.3) is 0 Å². The van der Waals surface area contributed by atoms with E-state index in [-0.39, 0.29) is 6.54 Å². The van der Waals surface area contributed by atoms with Gasteiger partial charge in [-0.2, -0.15) is 4.21 Å². The molecule has 4 nitrogen and oxygen atoms in total. The smallest absolute Gasteiger partial charge is 0.357 e. The fourth-order valence-electron chi connectivity index (χ4n) is 0.831. The van der Waals surface area contributed by atoms with Crippen LogP contribution in [0.2, 0.25) is 0 Å². The van der Waals surface area contributed by atoms with Crippen molar-refractivity contribution in [2.75, 3.05) is 0 Å². The molecule has 0 fully saturated rings. The van der Waals surface area contributed by atoms with E-state index in [0.29, 0.717) is 11.3 Å². The molecule has 1 rings (SSSR count). The molecular weight excluding hydrogens is 178 g/mol. The number of hydrogen-bond acceptors (Lipinski definition) is 3. The van der Waals surface area contributed by atoms with Gasteiger partial charge in [-0.1, -0.05) is 18.2 Å². The van der Waals surface area contributed by atoms with Gasteiger partial charge in [0.2, 0.25) is 0 Å². The topological polar surface area (TPSA) is 72.5 Å². The summed E-state index contributed by atoms with van der Waals surface area (Å²) in [5, 5.41) is 0. The summed E-state index contributed by atoms with van der Waals surface area (Å²) in [6.07, 6.45) is 0. The van der Waals surface area contributed by atoms with Crippen LogP contribution in [-0.2, 0) is 17.9 Å². The fourth-order valence-corrected chi connectivity index (χ4v) is 1.15. The molecule has 66 valence electrons. The van der Waals surface area contributed by atoms with E-state index in [9.17, 15) is 4.21 Å². The first-order valence-corrected chi connectivity index (χ1v) is 4.34. The lowest BCUT2D eigenvalue weighted by molar-refractivity contribution is 0.455. The maximum Gasteiger partial charge on any atom is 0.357 e. The third-order valence-electron chi connectivity index (χ3n) is 1.35. The standard InChI is InChI=1S/C7H9NO3S/c8-5-6-3-1-2-4-7(6)11-12(9)10/h1-4H,5,8H2,(H,9,10).